The van der Waals surface area contributed by atoms with E-state index in [1.807, 2.05) is 0 Å². The van der Waals surface area contributed by atoms with Crippen LogP contribution >= 0.6 is 0 Å². The molecule has 2 heterocycles. The van der Waals surface area contributed by atoms with Crippen LogP contribution in [0.1, 0.15) is 302 Å². The molecule has 74 heavy (non-hydrogen) atoms. The minimum absolute atomic E-state index is 0.254. The second-order valence-corrected chi connectivity index (χ2v) is 30.2. The summed E-state index contributed by atoms with van der Waals surface area (Å²) in [5.74, 6) is 9.58. The summed E-state index contributed by atoms with van der Waals surface area (Å²) >= 11 is 0. The number of hydrogen-bond donors (Lipinski definition) is 2. The molecule has 2 N–H and O–H groups in total. The summed E-state index contributed by atoms with van der Waals surface area (Å²) in [5.41, 5.74) is 3.53. The van der Waals surface area contributed by atoms with E-state index in [9.17, 15) is 0 Å². The highest BCUT2D eigenvalue weighted by molar-refractivity contribution is 5.09. The van der Waals surface area contributed by atoms with Gasteiger partial charge in [0.15, 0.2) is 0 Å². The molecule has 6 heteroatoms. The molecule has 2 saturated heterocycles. The smallest absolute Gasteiger partial charge is 0.133 e. The van der Waals surface area contributed by atoms with E-state index in [1.54, 1.807) is 89.9 Å². The Hall–Kier alpha value is -0.240. The summed E-state index contributed by atoms with van der Waals surface area (Å²) in [5, 5.41) is 3.96. The first-order valence-electron chi connectivity index (χ1n) is 35.2. The van der Waals surface area contributed by atoms with E-state index in [0.717, 1.165) is 114 Å². The zero-order valence-electron chi connectivity index (χ0n) is 48.1. The summed E-state index contributed by atoms with van der Waals surface area (Å²) in [6.45, 7) is 0. The van der Waals surface area contributed by atoms with Crippen LogP contribution in [0.25, 0.3) is 0 Å². The quantitative estimate of drug-likeness (QED) is 0.203. The standard InChI is InChI=1S/C68H117N5O/c1-6-16-53(17-7-1)68-69-67(70-74-68)52-28-26-48(27-29-52)49-30-42-62(43-31-49)73-65-44-36-54(50-32-38-60(39-33-50)71(56-18-8-2-9-19-56)57-20-10-3-11-21-57)46-63(65)64-47-55(37-45-66(64)73)51-34-40-61(41-35-51)72(58-22-12-4-13-23-58)59-24-14-5-15-25-59/h48-70H,1-47H2. The van der Waals surface area contributed by atoms with Crippen LogP contribution in [0.2, 0.25) is 0 Å². The van der Waals surface area contributed by atoms with Crippen molar-refractivity contribution in [3.8, 4) is 0 Å². The van der Waals surface area contributed by atoms with Crippen LogP contribution in [0.15, 0.2) is 0 Å². The molecule has 13 aliphatic rings. The number of hydrogen-bond acceptors (Lipinski definition) is 6. The first-order valence-corrected chi connectivity index (χ1v) is 35.2. The van der Waals surface area contributed by atoms with Gasteiger partial charge >= 0.3 is 0 Å². The Labute approximate surface area is 456 Å². The van der Waals surface area contributed by atoms with E-state index in [1.165, 1.54) is 212 Å². The molecule has 0 radical (unpaired) electrons. The van der Waals surface area contributed by atoms with Gasteiger partial charge in [-0.25, -0.2) is 0 Å². The molecule has 8 unspecified atom stereocenters. The molecule has 11 aliphatic carbocycles. The SMILES string of the molecule is C1CCC(C2NC(C3CCC(C4CCC(N5C6CCC(C7CCC(N(C8CCCCC8)C8CCCCC8)CC7)CC6C6CC(C7CCC(N(C8CCCCC8)C8CCCCC8)CC7)CCC65)CC4)CC3)NO2)CC1. The molecule has 13 fully saturated rings. The fourth-order valence-electron chi connectivity index (χ4n) is 22.9. The zero-order valence-corrected chi connectivity index (χ0v) is 48.1. The van der Waals surface area contributed by atoms with Crippen molar-refractivity contribution in [2.45, 2.75) is 369 Å². The molecule has 0 bridgehead atoms. The van der Waals surface area contributed by atoms with E-state index in [0.29, 0.717) is 6.17 Å². The average Bonchev–Trinajstić information content (AvgIpc) is 4.11. The largest absolute Gasteiger partial charge is 0.294 e. The molecule has 0 aromatic heterocycles. The van der Waals surface area contributed by atoms with Crippen LogP contribution in [0.5, 0.6) is 0 Å². The minimum Gasteiger partial charge on any atom is -0.294 e. The monoisotopic (exact) mass is 1020 g/mol. The Morgan fingerprint density at radius 2 is 0.608 bits per heavy atom. The van der Waals surface area contributed by atoms with Crippen molar-refractivity contribution in [3.05, 3.63) is 0 Å². The normalized spacial score (nSPS) is 44.7. The maximum absolute atomic E-state index is 6.24. The minimum atomic E-state index is 0.254. The average molecular weight is 1020 g/mol. The van der Waals surface area contributed by atoms with Crippen molar-refractivity contribution >= 4 is 0 Å². The summed E-state index contributed by atoms with van der Waals surface area (Å²) in [6, 6.07) is 8.23. The van der Waals surface area contributed by atoms with Crippen LogP contribution in [-0.4, -0.2) is 81.5 Å². The number of nitrogens with zero attached hydrogens (tertiary/aromatic N) is 3. The van der Waals surface area contributed by atoms with Gasteiger partial charge in [-0.3, -0.25) is 24.9 Å². The number of fused-ring (bicyclic) bond motifs is 3. The van der Waals surface area contributed by atoms with Crippen molar-refractivity contribution in [2.75, 3.05) is 0 Å². The third kappa shape index (κ3) is 11.8. The third-order valence-corrected chi connectivity index (χ3v) is 26.6. The lowest BCUT2D eigenvalue weighted by Gasteiger charge is -2.50. The number of hydroxylamine groups is 1. The molecular formula is C68H117N5O. The van der Waals surface area contributed by atoms with Gasteiger partial charge in [-0.15, -0.1) is 0 Å². The van der Waals surface area contributed by atoms with E-state index >= 15 is 0 Å². The van der Waals surface area contributed by atoms with Crippen molar-refractivity contribution in [2.24, 2.45) is 59.2 Å². The van der Waals surface area contributed by atoms with Gasteiger partial charge < -0.3 is 0 Å². The van der Waals surface area contributed by atoms with E-state index in [-0.39, 0.29) is 6.23 Å². The molecular weight excluding hydrogens is 903 g/mol. The van der Waals surface area contributed by atoms with Crippen LogP contribution in [-0.2, 0) is 4.84 Å². The van der Waals surface area contributed by atoms with Gasteiger partial charge in [0.25, 0.3) is 0 Å². The zero-order chi connectivity index (χ0) is 49.2. The highest BCUT2D eigenvalue weighted by atomic mass is 16.7. The second kappa shape index (κ2) is 25.3. The Kier molecular flexibility index (Phi) is 18.1. The highest BCUT2D eigenvalue weighted by Crippen LogP contribution is 2.58. The summed E-state index contributed by atoms with van der Waals surface area (Å²) in [7, 11) is 0. The molecule has 0 amide bonds. The topological polar surface area (TPSA) is 43.0 Å². The van der Waals surface area contributed by atoms with Crippen LogP contribution in [0, 0.1) is 59.2 Å². The highest BCUT2D eigenvalue weighted by Gasteiger charge is 2.56. The fourth-order valence-corrected chi connectivity index (χ4v) is 22.9. The summed E-state index contributed by atoms with van der Waals surface area (Å²) in [6.07, 6.45) is 71.5. The van der Waals surface area contributed by atoms with Crippen LogP contribution in [0.4, 0.5) is 0 Å². The van der Waals surface area contributed by atoms with Gasteiger partial charge in [-0.05, 0) is 259 Å². The molecule has 13 rings (SSSR count). The molecule has 8 atom stereocenters. The van der Waals surface area contributed by atoms with Gasteiger partial charge in [0.2, 0.25) is 0 Å². The predicted octanol–water partition coefficient (Wildman–Crippen LogP) is 16.6. The van der Waals surface area contributed by atoms with Crippen LogP contribution in [0.3, 0.4) is 0 Å². The van der Waals surface area contributed by atoms with Gasteiger partial charge in [-0.2, -0.15) is 5.48 Å². The predicted molar refractivity (Wildman–Crippen MR) is 306 cm³/mol. The molecule has 2 aliphatic heterocycles. The number of likely N-dealkylation sites (tertiary alicyclic amines) is 1. The second-order valence-electron chi connectivity index (χ2n) is 30.2. The fraction of sp³-hybridized carbons (Fsp3) is 1.00. The first-order chi connectivity index (χ1) is 36.7. The molecule has 0 aromatic carbocycles. The van der Waals surface area contributed by atoms with E-state index in [2.05, 4.69) is 25.5 Å². The molecule has 6 nitrogen and oxygen atoms in total. The Bertz CT molecular complexity index is 1540. The lowest BCUT2D eigenvalue weighted by Crippen LogP contribution is -2.52. The molecule has 11 saturated carbocycles. The van der Waals surface area contributed by atoms with E-state index < -0.39 is 0 Å². The third-order valence-electron chi connectivity index (χ3n) is 26.6. The molecule has 420 valence electrons. The van der Waals surface area contributed by atoms with E-state index in [4.69, 9.17) is 4.84 Å². The van der Waals surface area contributed by atoms with Crippen molar-refractivity contribution in [1.29, 1.82) is 0 Å². The lowest BCUT2D eigenvalue weighted by molar-refractivity contribution is -0.0236. The maximum atomic E-state index is 6.24. The number of rotatable bonds is 12. The summed E-state index contributed by atoms with van der Waals surface area (Å²) in [4.78, 5) is 16.2. The van der Waals surface area contributed by atoms with Crippen LogP contribution < -0.4 is 10.8 Å². The van der Waals surface area contributed by atoms with Crippen molar-refractivity contribution < 1.29 is 4.84 Å². The van der Waals surface area contributed by atoms with Gasteiger partial charge in [0, 0.05) is 60.3 Å². The van der Waals surface area contributed by atoms with Crippen molar-refractivity contribution in [3.63, 3.8) is 0 Å². The van der Waals surface area contributed by atoms with Gasteiger partial charge in [0.05, 0.1) is 6.17 Å². The maximum Gasteiger partial charge on any atom is 0.133 e. The molecule has 0 aromatic rings. The van der Waals surface area contributed by atoms with Crippen molar-refractivity contribution in [1.82, 2.24) is 25.5 Å². The molecule has 0 spiro atoms. The van der Waals surface area contributed by atoms with Gasteiger partial charge in [-0.1, -0.05) is 96.3 Å². The summed E-state index contributed by atoms with van der Waals surface area (Å²) < 4.78 is 0. The van der Waals surface area contributed by atoms with Gasteiger partial charge in [0.1, 0.15) is 6.23 Å². The first kappa shape index (κ1) is 53.1. The Balaban J connectivity index is 0.653. The Morgan fingerprint density at radius 3 is 1.03 bits per heavy atom. The number of nitrogens with one attached hydrogen (secondary N) is 2. The Morgan fingerprint density at radius 1 is 0.284 bits per heavy atom. The lowest BCUT2D eigenvalue weighted by atomic mass is 9.62.